The number of hydrogen-bond donors (Lipinski definition) is 1. The van der Waals surface area contributed by atoms with Gasteiger partial charge in [-0.2, -0.15) is 0 Å². The Morgan fingerprint density at radius 2 is 1.53 bits per heavy atom. The van der Waals surface area contributed by atoms with Crippen molar-refractivity contribution < 1.29 is 17.9 Å². The average Bonchev–Trinajstić information content (AvgIpc) is 2.74. The van der Waals surface area contributed by atoms with Gasteiger partial charge < -0.3 is 4.74 Å². The predicted octanol–water partition coefficient (Wildman–Crippen LogP) is 4.86. The van der Waals surface area contributed by atoms with Crippen molar-refractivity contribution in [1.29, 1.82) is 0 Å². The Morgan fingerprint density at radius 3 is 2.10 bits per heavy atom. The molecule has 0 saturated heterocycles. The van der Waals surface area contributed by atoms with E-state index in [-0.39, 0.29) is 10.6 Å². The van der Waals surface area contributed by atoms with Crippen LogP contribution in [0.5, 0.6) is 5.75 Å². The summed E-state index contributed by atoms with van der Waals surface area (Å²) in [5.74, 6) is 0.212. The van der Waals surface area contributed by atoms with Crippen LogP contribution in [0.1, 0.15) is 21.5 Å². The Bertz CT molecular complexity index is 1170. The average molecular weight is 442 g/mol. The van der Waals surface area contributed by atoms with Crippen LogP contribution in [-0.4, -0.2) is 21.3 Å². The molecule has 0 unspecified atom stereocenters. The van der Waals surface area contributed by atoms with E-state index in [2.05, 4.69) is 4.72 Å². The summed E-state index contributed by atoms with van der Waals surface area (Å²) < 4.78 is 33.3. The third-order valence-electron chi connectivity index (χ3n) is 4.35. The minimum absolute atomic E-state index is 0.00392. The number of carbonyl (C=O) groups is 1. The summed E-state index contributed by atoms with van der Waals surface area (Å²) in [6.45, 7) is 1.91. The van der Waals surface area contributed by atoms with E-state index in [0.717, 1.165) is 5.56 Å². The molecule has 3 aromatic rings. The maximum Gasteiger partial charge on any atom is 0.262 e. The smallest absolute Gasteiger partial charge is 0.262 e. The first-order chi connectivity index (χ1) is 14.3. The first-order valence-electron chi connectivity index (χ1n) is 9.04. The molecule has 0 amide bonds. The van der Waals surface area contributed by atoms with E-state index in [0.29, 0.717) is 21.9 Å². The first kappa shape index (κ1) is 21.6. The number of rotatable bonds is 7. The molecule has 7 heteroatoms. The van der Waals surface area contributed by atoms with Gasteiger partial charge in [-0.25, -0.2) is 8.42 Å². The highest BCUT2D eigenvalue weighted by Gasteiger charge is 2.21. The molecule has 0 aliphatic heterocycles. The molecule has 0 atom stereocenters. The molecule has 0 bridgehead atoms. The van der Waals surface area contributed by atoms with Gasteiger partial charge in [0, 0.05) is 10.6 Å². The molecule has 0 aliphatic carbocycles. The Hall–Kier alpha value is -3.09. The van der Waals surface area contributed by atoms with Gasteiger partial charge in [-0.1, -0.05) is 53.6 Å². The van der Waals surface area contributed by atoms with E-state index in [1.807, 2.05) is 6.92 Å². The van der Waals surface area contributed by atoms with Gasteiger partial charge >= 0.3 is 0 Å². The van der Waals surface area contributed by atoms with E-state index in [9.17, 15) is 13.2 Å². The molecule has 1 N–H and O–H groups in total. The number of hydrogen-bond acceptors (Lipinski definition) is 4. The molecule has 3 aromatic carbocycles. The molecule has 3 rings (SSSR count). The molecule has 0 saturated carbocycles. The maximum atomic E-state index is 13.1. The number of methoxy groups -OCH3 is 1. The highest BCUT2D eigenvalue weighted by molar-refractivity contribution is 7.89. The number of aryl methyl sites for hydroxylation is 1. The SMILES string of the molecule is COc1ccc(/C=C(\NS(=O)(=O)c2ccc(Cl)cc2)C(=O)c2ccc(C)cc2)cc1. The molecule has 5 nitrogen and oxygen atoms in total. The standard InChI is InChI=1S/C23H20ClNO4S/c1-16-3-7-18(8-4-16)23(26)22(15-17-5-11-20(29-2)12-6-17)25-30(27,28)21-13-9-19(24)10-14-21/h3-15,25H,1-2H3/b22-15-. The van der Waals surface area contributed by atoms with Crippen molar-refractivity contribution in [3.63, 3.8) is 0 Å². The second-order valence-electron chi connectivity index (χ2n) is 6.59. The van der Waals surface area contributed by atoms with E-state index in [1.165, 1.54) is 30.3 Å². The summed E-state index contributed by atoms with van der Waals surface area (Å²) in [6, 6.07) is 19.6. The van der Waals surface area contributed by atoms with Crippen molar-refractivity contribution in [3.8, 4) is 5.75 Å². The summed E-state index contributed by atoms with van der Waals surface area (Å²) >= 11 is 5.85. The summed E-state index contributed by atoms with van der Waals surface area (Å²) in [5.41, 5.74) is 1.94. The van der Waals surface area contributed by atoms with Crippen LogP contribution in [0.4, 0.5) is 0 Å². The van der Waals surface area contributed by atoms with Crippen molar-refractivity contribution in [2.45, 2.75) is 11.8 Å². The van der Waals surface area contributed by atoms with E-state index >= 15 is 0 Å². The van der Waals surface area contributed by atoms with Gasteiger partial charge in [-0.15, -0.1) is 0 Å². The highest BCUT2D eigenvalue weighted by Crippen LogP contribution is 2.19. The highest BCUT2D eigenvalue weighted by atomic mass is 35.5. The van der Waals surface area contributed by atoms with Crippen molar-refractivity contribution in [2.24, 2.45) is 0 Å². The number of carbonyl (C=O) groups excluding carboxylic acids is 1. The summed E-state index contributed by atoms with van der Waals surface area (Å²) in [4.78, 5) is 13.1. The third-order valence-corrected chi connectivity index (χ3v) is 5.99. The van der Waals surface area contributed by atoms with Crippen LogP contribution < -0.4 is 9.46 Å². The number of halogens is 1. The van der Waals surface area contributed by atoms with Gasteiger partial charge in [0.1, 0.15) is 5.75 Å². The maximum absolute atomic E-state index is 13.1. The Morgan fingerprint density at radius 1 is 0.933 bits per heavy atom. The van der Waals surface area contributed by atoms with Gasteiger partial charge in [-0.05, 0) is 55.0 Å². The van der Waals surface area contributed by atoms with Crippen molar-refractivity contribution >= 4 is 33.5 Å². The molecule has 0 radical (unpaired) electrons. The topological polar surface area (TPSA) is 72.5 Å². The third kappa shape index (κ3) is 5.28. The molecule has 30 heavy (non-hydrogen) atoms. The summed E-state index contributed by atoms with van der Waals surface area (Å²) in [6.07, 6.45) is 1.50. The normalized spacial score (nSPS) is 11.8. The van der Waals surface area contributed by atoms with Crippen LogP contribution in [-0.2, 0) is 10.0 Å². The zero-order valence-corrected chi connectivity index (χ0v) is 18.0. The van der Waals surface area contributed by atoms with Crippen LogP contribution in [0.3, 0.4) is 0 Å². The van der Waals surface area contributed by atoms with Gasteiger partial charge in [0.25, 0.3) is 10.0 Å². The van der Waals surface area contributed by atoms with Crippen molar-refractivity contribution in [1.82, 2.24) is 4.72 Å². The molecule has 0 fully saturated rings. The molecule has 0 aromatic heterocycles. The van der Waals surface area contributed by atoms with Crippen LogP contribution in [0.2, 0.25) is 5.02 Å². The van der Waals surface area contributed by atoms with Gasteiger partial charge in [0.15, 0.2) is 0 Å². The molecule has 0 aliphatic rings. The molecule has 0 spiro atoms. The first-order valence-corrected chi connectivity index (χ1v) is 10.9. The number of ether oxygens (including phenoxy) is 1. The fraction of sp³-hybridized carbons (Fsp3) is 0.0870. The van der Waals surface area contributed by atoms with Gasteiger partial charge in [0.2, 0.25) is 5.78 Å². The van der Waals surface area contributed by atoms with E-state index < -0.39 is 15.8 Å². The lowest BCUT2D eigenvalue weighted by Gasteiger charge is -2.12. The zero-order chi connectivity index (χ0) is 21.7. The zero-order valence-electron chi connectivity index (χ0n) is 16.4. The molecular formula is C23H20ClNO4S. The lowest BCUT2D eigenvalue weighted by molar-refractivity contribution is 0.103. The minimum atomic E-state index is -3.99. The van der Waals surface area contributed by atoms with Crippen LogP contribution in [0.25, 0.3) is 6.08 Å². The molecule has 0 heterocycles. The second kappa shape index (κ2) is 9.15. The fourth-order valence-electron chi connectivity index (χ4n) is 2.69. The number of sulfonamides is 1. The lowest BCUT2D eigenvalue weighted by Crippen LogP contribution is -2.27. The van der Waals surface area contributed by atoms with Crippen LogP contribution in [0.15, 0.2) is 83.4 Å². The Balaban J connectivity index is 2.01. The number of allylic oxidation sites excluding steroid dienone is 1. The van der Waals surface area contributed by atoms with Crippen molar-refractivity contribution in [2.75, 3.05) is 7.11 Å². The predicted molar refractivity (Wildman–Crippen MR) is 118 cm³/mol. The number of benzene rings is 3. The largest absolute Gasteiger partial charge is 0.497 e. The Kier molecular flexibility index (Phi) is 6.59. The summed E-state index contributed by atoms with van der Waals surface area (Å²) in [5, 5.41) is 0.415. The quantitative estimate of drug-likeness (QED) is 0.420. The summed E-state index contributed by atoms with van der Waals surface area (Å²) in [7, 11) is -2.44. The molecule has 154 valence electrons. The molecular weight excluding hydrogens is 422 g/mol. The van der Waals surface area contributed by atoms with Gasteiger partial charge in [-0.3, -0.25) is 9.52 Å². The lowest BCUT2D eigenvalue weighted by atomic mass is 10.0. The van der Waals surface area contributed by atoms with E-state index in [4.69, 9.17) is 16.3 Å². The number of Topliss-reactive ketones (excluding diaryl/α,β-unsaturated/α-hetero) is 1. The monoisotopic (exact) mass is 441 g/mol. The van der Waals surface area contributed by atoms with Crippen LogP contribution in [0, 0.1) is 6.92 Å². The number of ketones is 1. The number of nitrogens with one attached hydrogen (secondary N) is 1. The Labute approximate surface area is 181 Å². The fourth-order valence-corrected chi connectivity index (χ4v) is 3.87. The second-order valence-corrected chi connectivity index (χ2v) is 8.70. The van der Waals surface area contributed by atoms with Crippen LogP contribution >= 0.6 is 11.6 Å². The van der Waals surface area contributed by atoms with Crippen molar-refractivity contribution in [3.05, 3.63) is 100 Å². The van der Waals surface area contributed by atoms with Gasteiger partial charge in [0.05, 0.1) is 17.7 Å². The minimum Gasteiger partial charge on any atom is -0.497 e. The van der Waals surface area contributed by atoms with E-state index in [1.54, 1.807) is 55.6 Å².